The third-order valence-corrected chi connectivity index (χ3v) is 5.75. The van der Waals surface area contributed by atoms with E-state index in [0.29, 0.717) is 24.2 Å². The van der Waals surface area contributed by atoms with Crippen LogP contribution in [-0.4, -0.2) is 104 Å². The predicted molar refractivity (Wildman–Crippen MR) is 105 cm³/mol. The highest BCUT2D eigenvalue weighted by molar-refractivity contribution is 5.93. The van der Waals surface area contributed by atoms with E-state index in [-0.39, 0.29) is 11.9 Å². The zero-order chi connectivity index (χ0) is 20.1. The summed E-state index contributed by atoms with van der Waals surface area (Å²) in [6, 6.07) is 2.52. The smallest absolute Gasteiger partial charge is 0.319 e. The number of likely N-dealkylation sites (N-methyl/N-ethyl adjacent to an activating group) is 1. The number of rotatable bonds is 6. The van der Waals surface area contributed by atoms with Crippen molar-refractivity contribution in [2.45, 2.75) is 31.3 Å². The van der Waals surface area contributed by atoms with Crippen LogP contribution in [0.1, 0.15) is 29.6 Å². The van der Waals surface area contributed by atoms with Gasteiger partial charge in [0.05, 0.1) is 11.8 Å². The van der Waals surface area contributed by atoms with Crippen LogP contribution in [0.2, 0.25) is 0 Å². The van der Waals surface area contributed by atoms with E-state index < -0.39 is 0 Å². The van der Waals surface area contributed by atoms with Crippen LogP contribution in [0.5, 0.6) is 0 Å². The second kappa shape index (κ2) is 9.43. The number of furan rings is 1. The summed E-state index contributed by atoms with van der Waals surface area (Å²) in [6.45, 7) is 4.51. The zero-order valence-electron chi connectivity index (χ0n) is 17.2. The Labute approximate surface area is 167 Å². The molecule has 8 heteroatoms. The molecule has 2 fully saturated rings. The van der Waals surface area contributed by atoms with Crippen LogP contribution in [0.15, 0.2) is 23.0 Å². The Hall–Kier alpha value is -2.06. The molecule has 3 amide bonds. The molecule has 0 aliphatic carbocycles. The van der Waals surface area contributed by atoms with Gasteiger partial charge in [0.15, 0.2) is 0 Å². The number of ether oxygens (including phenoxy) is 1. The summed E-state index contributed by atoms with van der Waals surface area (Å²) in [5.41, 5.74) is 0.573. The first-order chi connectivity index (χ1) is 13.5. The number of carbonyl (C=O) groups is 2. The van der Waals surface area contributed by atoms with E-state index >= 15 is 0 Å². The lowest BCUT2D eigenvalue weighted by atomic mass is 10.0. The van der Waals surface area contributed by atoms with Gasteiger partial charge in [-0.3, -0.25) is 9.69 Å². The summed E-state index contributed by atoms with van der Waals surface area (Å²) in [6.07, 6.45) is 5.96. The monoisotopic (exact) mass is 392 g/mol. The number of likely N-dealkylation sites (tertiary alicyclic amines) is 1. The molecular weight excluding hydrogens is 360 g/mol. The minimum absolute atomic E-state index is 0.0310. The molecule has 28 heavy (non-hydrogen) atoms. The fourth-order valence-corrected chi connectivity index (χ4v) is 4.12. The Kier molecular flexibility index (Phi) is 6.96. The Morgan fingerprint density at radius 2 is 1.86 bits per heavy atom. The molecule has 2 aliphatic heterocycles. The van der Waals surface area contributed by atoms with E-state index in [9.17, 15) is 9.59 Å². The maximum atomic E-state index is 12.5. The average Bonchev–Trinajstić information content (AvgIpc) is 3.40. The first-order valence-electron chi connectivity index (χ1n) is 10.0. The van der Waals surface area contributed by atoms with Crippen molar-refractivity contribution >= 4 is 11.9 Å². The van der Waals surface area contributed by atoms with Crippen LogP contribution < -0.4 is 0 Å². The van der Waals surface area contributed by atoms with Gasteiger partial charge >= 0.3 is 6.03 Å². The lowest BCUT2D eigenvalue weighted by Crippen LogP contribution is -2.50. The van der Waals surface area contributed by atoms with Crippen LogP contribution in [-0.2, 0) is 4.74 Å². The van der Waals surface area contributed by atoms with Gasteiger partial charge in [-0.25, -0.2) is 4.79 Å². The van der Waals surface area contributed by atoms with Crippen LogP contribution in [0.4, 0.5) is 4.79 Å². The molecule has 2 saturated heterocycles. The van der Waals surface area contributed by atoms with Crippen molar-refractivity contribution in [3.63, 3.8) is 0 Å². The summed E-state index contributed by atoms with van der Waals surface area (Å²) >= 11 is 0. The first kappa shape index (κ1) is 20.7. The topological polar surface area (TPSA) is 69.5 Å². The number of nitrogens with zero attached hydrogens (tertiary/aromatic N) is 4. The highest BCUT2D eigenvalue weighted by Crippen LogP contribution is 2.24. The maximum absolute atomic E-state index is 12.5. The van der Waals surface area contributed by atoms with E-state index in [0.717, 1.165) is 52.1 Å². The lowest BCUT2D eigenvalue weighted by Gasteiger charge is -2.39. The highest BCUT2D eigenvalue weighted by atomic mass is 16.5. The molecule has 1 unspecified atom stereocenters. The molecule has 0 saturated carbocycles. The Morgan fingerprint density at radius 3 is 2.50 bits per heavy atom. The van der Waals surface area contributed by atoms with Gasteiger partial charge in [0.25, 0.3) is 5.91 Å². The van der Waals surface area contributed by atoms with E-state index in [1.807, 2.05) is 11.9 Å². The van der Waals surface area contributed by atoms with Gasteiger partial charge in [-0.05, 0) is 25.3 Å². The van der Waals surface area contributed by atoms with Gasteiger partial charge in [-0.15, -0.1) is 0 Å². The van der Waals surface area contributed by atoms with E-state index in [4.69, 9.17) is 9.15 Å². The molecule has 0 N–H and O–H groups in total. The van der Waals surface area contributed by atoms with Crippen molar-refractivity contribution in [2.24, 2.45) is 0 Å². The van der Waals surface area contributed by atoms with Crippen LogP contribution >= 0.6 is 0 Å². The van der Waals surface area contributed by atoms with Crippen LogP contribution in [0.3, 0.4) is 0 Å². The summed E-state index contributed by atoms with van der Waals surface area (Å²) in [5.74, 6) is -0.0310. The third-order valence-electron chi connectivity index (χ3n) is 5.75. The van der Waals surface area contributed by atoms with Crippen molar-refractivity contribution in [1.82, 2.24) is 19.6 Å². The van der Waals surface area contributed by atoms with Gasteiger partial charge in [0.2, 0.25) is 0 Å². The molecular formula is C20H32N4O4. The fourth-order valence-electron chi connectivity index (χ4n) is 4.12. The van der Waals surface area contributed by atoms with E-state index in [1.54, 1.807) is 30.0 Å². The number of hydrogen-bond acceptors (Lipinski definition) is 5. The number of hydrogen-bond donors (Lipinski definition) is 0. The molecule has 3 rings (SSSR count). The summed E-state index contributed by atoms with van der Waals surface area (Å²) in [5, 5.41) is 0. The van der Waals surface area contributed by atoms with Gasteiger partial charge in [-0.2, -0.15) is 0 Å². The SMILES string of the molecule is CN(C)C(=O)N1CCC(N(CCN(C)C(=O)c2ccoc2)C2CCOCC2)C1. The maximum Gasteiger partial charge on any atom is 0.319 e. The molecule has 0 spiro atoms. The molecule has 0 radical (unpaired) electrons. The molecule has 156 valence electrons. The molecule has 1 aromatic rings. The van der Waals surface area contributed by atoms with Crippen LogP contribution in [0.25, 0.3) is 0 Å². The van der Waals surface area contributed by atoms with Crippen molar-refractivity contribution in [2.75, 3.05) is 60.5 Å². The Bertz CT molecular complexity index is 643. The predicted octanol–water partition coefficient (Wildman–Crippen LogP) is 1.59. The van der Waals surface area contributed by atoms with E-state index in [2.05, 4.69) is 4.90 Å². The largest absolute Gasteiger partial charge is 0.472 e. The van der Waals surface area contributed by atoms with Crippen LogP contribution in [0, 0.1) is 0 Å². The lowest BCUT2D eigenvalue weighted by molar-refractivity contribution is 0.0151. The number of amides is 3. The summed E-state index contributed by atoms with van der Waals surface area (Å²) < 4.78 is 10.6. The fraction of sp³-hybridized carbons (Fsp3) is 0.700. The minimum atomic E-state index is -0.0310. The Balaban J connectivity index is 1.62. The third kappa shape index (κ3) is 4.86. The average molecular weight is 393 g/mol. The van der Waals surface area contributed by atoms with Gasteiger partial charge in [0, 0.05) is 72.6 Å². The van der Waals surface area contributed by atoms with Crippen molar-refractivity contribution < 1.29 is 18.7 Å². The summed E-state index contributed by atoms with van der Waals surface area (Å²) in [4.78, 5) is 32.6. The molecule has 0 aromatic carbocycles. The van der Waals surface area contributed by atoms with Crippen molar-refractivity contribution in [3.05, 3.63) is 24.2 Å². The van der Waals surface area contributed by atoms with Crippen molar-refractivity contribution in [1.29, 1.82) is 0 Å². The molecule has 3 heterocycles. The molecule has 0 bridgehead atoms. The number of carbonyl (C=O) groups excluding carboxylic acids is 2. The van der Waals surface area contributed by atoms with Crippen molar-refractivity contribution in [3.8, 4) is 0 Å². The van der Waals surface area contributed by atoms with Gasteiger partial charge in [0.1, 0.15) is 6.26 Å². The normalized spacial score (nSPS) is 20.6. The second-order valence-electron chi connectivity index (χ2n) is 7.89. The zero-order valence-corrected chi connectivity index (χ0v) is 17.2. The quantitative estimate of drug-likeness (QED) is 0.735. The highest BCUT2D eigenvalue weighted by Gasteiger charge is 2.35. The van der Waals surface area contributed by atoms with Gasteiger partial charge < -0.3 is 23.9 Å². The molecule has 2 aliphatic rings. The number of urea groups is 1. The van der Waals surface area contributed by atoms with E-state index in [1.165, 1.54) is 12.5 Å². The Morgan fingerprint density at radius 1 is 1.11 bits per heavy atom. The first-order valence-corrected chi connectivity index (χ1v) is 10.0. The molecule has 1 aromatic heterocycles. The minimum Gasteiger partial charge on any atom is -0.472 e. The second-order valence-corrected chi connectivity index (χ2v) is 7.89. The summed E-state index contributed by atoms with van der Waals surface area (Å²) in [7, 11) is 5.42. The van der Waals surface area contributed by atoms with Gasteiger partial charge in [-0.1, -0.05) is 0 Å². The molecule has 8 nitrogen and oxygen atoms in total. The molecule has 1 atom stereocenters. The standard InChI is InChI=1S/C20H32N4O4/c1-21(2)20(26)23-8-4-18(14-23)24(17-6-12-27-13-7-17)10-9-22(3)19(25)16-5-11-28-15-16/h5,11,15,17-18H,4,6-10,12-14H2,1-3H3.